The lowest BCUT2D eigenvalue weighted by molar-refractivity contribution is -0.170. The van der Waals surface area contributed by atoms with Crippen LogP contribution < -0.4 is 11.1 Å². The highest BCUT2D eigenvalue weighted by Gasteiger charge is 2.71. The first kappa shape index (κ1) is 13.8. The minimum atomic E-state index is -0.937. The van der Waals surface area contributed by atoms with E-state index in [4.69, 9.17) is 22.1 Å². The summed E-state index contributed by atoms with van der Waals surface area (Å²) in [6.45, 7) is 4.62. The van der Waals surface area contributed by atoms with Gasteiger partial charge in [-0.25, -0.2) is 4.98 Å². The Balaban J connectivity index is 1.85. The summed E-state index contributed by atoms with van der Waals surface area (Å²) < 4.78 is 5.69. The highest BCUT2D eigenvalue weighted by atomic mass is 35.5. The lowest BCUT2D eigenvalue weighted by Crippen LogP contribution is -2.79. The number of fused-ring (bicyclic) bond motifs is 1. The van der Waals surface area contributed by atoms with Crippen molar-refractivity contribution in [1.29, 1.82) is 0 Å². The van der Waals surface area contributed by atoms with Gasteiger partial charge in [-0.15, -0.1) is 0 Å². The summed E-state index contributed by atoms with van der Waals surface area (Å²) in [5, 5.41) is 3.07. The number of pyridine rings is 1. The van der Waals surface area contributed by atoms with Gasteiger partial charge in [-0.1, -0.05) is 25.4 Å². The smallest absolute Gasteiger partial charge is 0.245 e. The average molecular weight is 296 g/mol. The number of amides is 1. The van der Waals surface area contributed by atoms with E-state index in [2.05, 4.69) is 10.3 Å². The third kappa shape index (κ3) is 1.63. The Morgan fingerprint density at radius 2 is 2.35 bits per heavy atom. The van der Waals surface area contributed by atoms with Gasteiger partial charge >= 0.3 is 0 Å². The van der Waals surface area contributed by atoms with E-state index in [1.165, 1.54) is 0 Å². The van der Waals surface area contributed by atoms with E-state index in [9.17, 15) is 4.79 Å². The van der Waals surface area contributed by atoms with Gasteiger partial charge in [0.05, 0.1) is 11.8 Å². The Morgan fingerprint density at radius 3 is 3.05 bits per heavy atom. The Bertz CT molecular complexity index is 563. The fraction of sp³-hybridized carbons (Fsp3) is 0.571. The SMILES string of the molecule is CC1(C)C2OCCC2C1(N)C(=O)Nc1cccnc1Cl. The molecule has 1 amide bonds. The van der Waals surface area contributed by atoms with Gasteiger partial charge in [-0.05, 0) is 18.6 Å². The highest BCUT2D eigenvalue weighted by Crippen LogP contribution is 2.58. The molecule has 3 unspecified atom stereocenters. The van der Waals surface area contributed by atoms with E-state index in [-0.39, 0.29) is 23.1 Å². The van der Waals surface area contributed by atoms with Crippen LogP contribution in [0.1, 0.15) is 20.3 Å². The van der Waals surface area contributed by atoms with Gasteiger partial charge in [0.1, 0.15) is 5.54 Å². The van der Waals surface area contributed by atoms with Crippen LogP contribution in [0.2, 0.25) is 5.15 Å². The van der Waals surface area contributed by atoms with Gasteiger partial charge in [0.15, 0.2) is 5.15 Å². The summed E-state index contributed by atoms with van der Waals surface area (Å²) in [6.07, 6.45) is 2.45. The lowest BCUT2D eigenvalue weighted by atomic mass is 9.48. The number of halogens is 1. The molecule has 5 nitrogen and oxygen atoms in total. The average Bonchev–Trinajstić information content (AvgIpc) is 2.88. The maximum atomic E-state index is 12.6. The van der Waals surface area contributed by atoms with E-state index >= 15 is 0 Å². The van der Waals surface area contributed by atoms with Gasteiger partial charge in [0, 0.05) is 24.1 Å². The second kappa shape index (κ2) is 4.41. The van der Waals surface area contributed by atoms with Gasteiger partial charge < -0.3 is 15.8 Å². The topological polar surface area (TPSA) is 77.2 Å². The molecule has 1 aliphatic carbocycles. The first-order valence-electron chi connectivity index (χ1n) is 6.71. The van der Waals surface area contributed by atoms with Crippen LogP contribution in [0.25, 0.3) is 0 Å². The second-order valence-electron chi connectivity index (χ2n) is 6.07. The van der Waals surface area contributed by atoms with Crippen LogP contribution in [0.3, 0.4) is 0 Å². The molecule has 2 fully saturated rings. The molecule has 1 saturated heterocycles. The van der Waals surface area contributed by atoms with Crippen molar-refractivity contribution in [1.82, 2.24) is 4.98 Å². The number of hydrogen-bond acceptors (Lipinski definition) is 4. The normalized spacial score (nSPS) is 34.2. The predicted molar refractivity (Wildman–Crippen MR) is 76.4 cm³/mol. The van der Waals surface area contributed by atoms with Crippen molar-refractivity contribution in [3.63, 3.8) is 0 Å². The molecular formula is C14H18ClN3O2. The Morgan fingerprint density at radius 1 is 1.60 bits per heavy atom. The molecule has 1 saturated carbocycles. The number of rotatable bonds is 2. The van der Waals surface area contributed by atoms with E-state index in [0.717, 1.165) is 6.42 Å². The third-order valence-corrected chi connectivity index (χ3v) is 5.14. The standard InChI is InChI=1S/C14H18ClN3O2/c1-13(2)10-8(5-7-20-10)14(13,16)12(19)18-9-4-3-6-17-11(9)15/h3-4,6,8,10H,5,7,16H2,1-2H3,(H,18,19). The zero-order valence-electron chi connectivity index (χ0n) is 11.5. The first-order chi connectivity index (χ1) is 9.39. The summed E-state index contributed by atoms with van der Waals surface area (Å²) in [4.78, 5) is 16.6. The van der Waals surface area contributed by atoms with E-state index in [0.29, 0.717) is 12.3 Å². The Kier molecular flexibility index (Phi) is 3.04. The Labute approximate surface area is 122 Å². The number of carbonyl (C=O) groups excluding carboxylic acids is 1. The minimum absolute atomic E-state index is 0.0580. The quantitative estimate of drug-likeness (QED) is 0.816. The number of nitrogens with zero attached hydrogens (tertiary/aromatic N) is 1. The van der Waals surface area contributed by atoms with Crippen molar-refractivity contribution in [2.24, 2.45) is 17.1 Å². The van der Waals surface area contributed by atoms with Crippen LogP contribution in [0.5, 0.6) is 0 Å². The summed E-state index contributed by atoms with van der Waals surface area (Å²) in [5.41, 5.74) is 5.61. The first-order valence-corrected chi connectivity index (χ1v) is 7.09. The van der Waals surface area contributed by atoms with Crippen molar-refractivity contribution in [3.8, 4) is 0 Å². The predicted octanol–water partition coefficient (Wildman–Crippen LogP) is 1.82. The molecular weight excluding hydrogens is 278 g/mol. The lowest BCUT2D eigenvalue weighted by Gasteiger charge is -2.60. The second-order valence-corrected chi connectivity index (χ2v) is 6.43. The van der Waals surface area contributed by atoms with Crippen LogP contribution in [-0.2, 0) is 9.53 Å². The van der Waals surface area contributed by atoms with Gasteiger partial charge in [0.25, 0.3) is 0 Å². The summed E-state index contributed by atoms with van der Waals surface area (Å²) >= 11 is 5.97. The summed E-state index contributed by atoms with van der Waals surface area (Å²) in [6, 6.07) is 3.43. The van der Waals surface area contributed by atoms with Crippen molar-refractivity contribution in [3.05, 3.63) is 23.5 Å². The maximum Gasteiger partial charge on any atom is 0.245 e. The largest absolute Gasteiger partial charge is 0.377 e. The van der Waals surface area contributed by atoms with E-state index in [1.807, 2.05) is 13.8 Å². The van der Waals surface area contributed by atoms with Crippen LogP contribution >= 0.6 is 11.6 Å². The number of aromatic nitrogens is 1. The monoisotopic (exact) mass is 295 g/mol. The summed E-state index contributed by atoms with van der Waals surface area (Å²) in [7, 11) is 0. The Hall–Kier alpha value is -1.17. The van der Waals surface area contributed by atoms with Gasteiger partial charge in [-0.2, -0.15) is 0 Å². The van der Waals surface area contributed by atoms with Crippen LogP contribution in [0, 0.1) is 11.3 Å². The third-order valence-electron chi connectivity index (χ3n) is 4.84. The minimum Gasteiger partial charge on any atom is -0.377 e. The van der Waals surface area contributed by atoms with E-state index < -0.39 is 11.0 Å². The van der Waals surface area contributed by atoms with E-state index in [1.54, 1.807) is 18.3 Å². The van der Waals surface area contributed by atoms with Crippen LogP contribution in [0.15, 0.2) is 18.3 Å². The summed E-state index contributed by atoms with van der Waals surface area (Å²) in [5.74, 6) is -0.155. The van der Waals surface area contributed by atoms with Crippen molar-refractivity contribution in [2.45, 2.75) is 31.9 Å². The molecule has 0 spiro atoms. The van der Waals surface area contributed by atoms with Gasteiger partial charge in [0.2, 0.25) is 5.91 Å². The molecule has 0 aromatic carbocycles. The molecule has 1 aromatic heterocycles. The number of anilines is 1. The molecule has 6 heteroatoms. The fourth-order valence-electron chi connectivity index (χ4n) is 3.55. The fourth-order valence-corrected chi connectivity index (χ4v) is 3.72. The molecule has 0 radical (unpaired) electrons. The molecule has 3 N–H and O–H groups in total. The molecule has 2 heterocycles. The van der Waals surface area contributed by atoms with Gasteiger partial charge in [-0.3, -0.25) is 4.79 Å². The van der Waals surface area contributed by atoms with Crippen LogP contribution in [0.4, 0.5) is 5.69 Å². The molecule has 1 aromatic rings. The molecule has 3 rings (SSSR count). The number of nitrogens with two attached hydrogens (primary N) is 1. The molecule has 2 aliphatic rings. The number of carbonyl (C=O) groups is 1. The molecule has 20 heavy (non-hydrogen) atoms. The maximum absolute atomic E-state index is 12.6. The molecule has 0 bridgehead atoms. The molecule has 108 valence electrons. The number of nitrogens with one attached hydrogen (secondary N) is 1. The van der Waals surface area contributed by atoms with Crippen molar-refractivity contribution >= 4 is 23.2 Å². The molecule has 1 aliphatic heterocycles. The zero-order chi connectivity index (χ0) is 14.5. The zero-order valence-corrected chi connectivity index (χ0v) is 12.3. The van der Waals surface area contributed by atoms with Crippen molar-refractivity contribution < 1.29 is 9.53 Å². The number of ether oxygens (including phenoxy) is 1. The highest BCUT2D eigenvalue weighted by molar-refractivity contribution is 6.32. The van der Waals surface area contributed by atoms with Crippen molar-refractivity contribution in [2.75, 3.05) is 11.9 Å². The number of hydrogen-bond donors (Lipinski definition) is 2. The molecule has 3 atom stereocenters. The van der Waals surface area contributed by atoms with Crippen LogP contribution in [-0.4, -0.2) is 29.1 Å².